The number of esters is 1. The van der Waals surface area contributed by atoms with Gasteiger partial charge in [0.15, 0.2) is 11.5 Å². The molecule has 0 saturated carbocycles. The van der Waals surface area contributed by atoms with E-state index in [-0.39, 0.29) is 4.91 Å². The maximum absolute atomic E-state index is 12.3. The quantitative estimate of drug-likeness (QED) is 0.507. The summed E-state index contributed by atoms with van der Waals surface area (Å²) in [5, 5.41) is -0.515. The molecule has 2 rings (SSSR count). The van der Waals surface area contributed by atoms with E-state index in [1.165, 1.54) is 14.2 Å². The number of imide groups is 1. The molecule has 0 N–H and O–H groups in total. The molecule has 1 fully saturated rings. The summed E-state index contributed by atoms with van der Waals surface area (Å²) in [6.07, 6.45) is 1.56. The standard InChI is InChI=1S/C16H16BrNO6S/c1-4-24-11-6-9(5-10(17)14(11)23-3)7-12-15(20)18(16(21)25-12)8-13(19)22-2/h5-7H,4,8H2,1-3H3/b12-7+. The van der Waals surface area contributed by atoms with Gasteiger partial charge in [-0.05, 0) is 58.4 Å². The third-order valence-corrected chi connectivity index (χ3v) is 4.72. The van der Waals surface area contributed by atoms with E-state index < -0.39 is 23.7 Å². The normalized spacial score (nSPS) is 15.7. The number of benzene rings is 1. The van der Waals surface area contributed by atoms with Gasteiger partial charge in [-0.1, -0.05) is 0 Å². The number of hydrogen-bond acceptors (Lipinski definition) is 7. The Morgan fingerprint density at radius 2 is 2.04 bits per heavy atom. The number of amides is 2. The van der Waals surface area contributed by atoms with Gasteiger partial charge < -0.3 is 14.2 Å². The van der Waals surface area contributed by atoms with Crippen molar-refractivity contribution in [1.29, 1.82) is 0 Å². The number of carbonyl (C=O) groups excluding carboxylic acids is 3. The summed E-state index contributed by atoms with van der Waals surface area (Å²) in [5.41, 5.74) is 0.652. The smallest absolute Gasteiger partial charge is 0.325 e. The molecule has 0 bridgehead atoms. The Morgan fingerprint density at radius 1 is 1.32 bits per heavy atom. The monoisotopic (exact) mass is 429 g/mol. The van der Waals surface area contributed by atoms with Crippen molar-refractivity contribution in [2.45, 2.75) is 6.92 Å². The van der Waals surface area contributed by atoms with E-state index in [4.69, 9.17) is 9.47 Å². The molecule has 1 aromatic rings. The average Bonchev–Trinajstić information content (AvgIpc) is 2.82. The Kier molecular flexibility index (Phi) is 6.49. The van der Waals surface area contributed by atoms with Gasteiger partial charge in [0.05, 0.1) is 30.2 Å². The van der Waals surface area contributed by atoms with E-state index in [9.17, 15) is 14.4 Å². The third-order valence-electron chi connectivity index (χ3n) is 3.22. The Hall–Kier alpha value is -2.00. The van der Waals surface area contributed by atoms with E-state index in [1.54, 1.807) is 18.2 Å². The van der Waals surface area contributed by atoms with Crippen molar-refractivity contribution in [2.24, 2.45) is 0 Å². The lowest BCUT2D eigenvalue weighted by molar-refractivity contribution is -0.143. The lowest BCUT2D eigenvalue weighted by atomic mass is 10.2. The zero-order valence-corrected chi connectivity index (χ0v) is 16.2. The van der Waals surface area contributed by atoms with Gasteiger partial charge in [-0.2, -0.15) is 0 Å². The molecule has 25 heavy (non-hydrogen) atoms. The minimum absolute atomic E-state index is 0.216. The van der Waals surface area contributed by atoms with Crippen LogP contribution in [0.2, 0.25) is 0 Å². The summed E-state index contributed by atoms with van der Waals surface area (Å²) >= 11 is 4.16. The van der Waals surface area contributed by atoms with E-state index in [0.717, 1.165) is 16.7 Å². The third kappa shape index (κ3) is 4.35. The van der Waals surface area contributed by atoms with Crippen LogP contribution in [0.4, 0.5) is 4.79 Å². The SMILES string of the molecule is CCOc1cc(/C=C2/SC(=O)N(CC(=O)OC)C2=O)cc(Br)c1OC. The van der Waals surface area contributed by atoms with Crippen molar-refractivity contribution >= 4 is 50.9 Å². The van der Waals surface area contributed by atoms with Crippen LogP contribution in [0.3, 0.4) is 0 Å². The number of thioether (sulfide) groups is 1. The number of ether oxygens (including phenoxy) is 3. The van der Waals surface area contributed by atoms with Crippen LogP contribution in [0.5, 0.6) is 11.5 Å². The number of carbonyl (C=O) groups is 3. The molecular formula is C16H16BrNO6S. The topological polar surface area (TPSA) is 82.1 Å². The first-order chi connectivity index (χ1) is 11.9. The second kappa shape index (κ2) is 8.39. The van der Waals surface area contributed by atoms with E-state index in [2.05, 4.69) is 20.7 Å². The van der Waals surface area contributed by atoms with Crippen LogP contribution in [-0.4, -0.2) is 49.4 Å². The number of halogens is 1. The second-order valence-corrected chi connectivity index (χ2v) is 6.66. The first-order valence-electron chi connectivity index (χ1n) is 7.23. The molecule has 0 spiro atoms. The molecular weight excluding hydrogens is 414 g/mol. The maximum Gasteiger partial charge on any atom is 0.325 e. The molecule has 7 nitrogen and oxygen atoms in total. The molecule has 1 saturated heterocycles. The second-order valence-electron chi connectivity index (χ2n) is 4.81. The Labute approximate surface area is 157 Å². The zero-order valence-electron chi connectivity index (χ0n) is 13.8. The Morgan fingerprint density at radius 3 is 2.64 bits per heavy atom. The van der Waals surface area contributed by atoms with Crippen molar-refractivity contribution in [1.82, 2.24) is 4.90 Å². The van der Waals surface area contributed by atoms with E-state index in [1.807, 2.05) is 6.92 Å². The van der Waals surface area contributed by atoms with Crippen LogP contribution in [0, 0.1) is 0 Å². The molecule has 1 heterocycles. The lowest BCUT2D eigenvalue weighted by Crippen LogP contribution is -2.34. The van der Waals surface area contributed by atoms with Crippen LogP contribution in [0.1, 0.15) is 12.5 Å². The van der Waals surface area contributed by atoms with Crippen molar-refractivity contribution in [3.63, 3.8) is 0 Å². The summed E-state index contributed by atoms with van der Waals surface area (Å²) in [7, 11) is 2.72. The molecule has 0 aliphatic carbocycles. The van der Waals surface area contributed by atoms with Gasteiger partial charge in [0.2, 0.25) is 0 Å². The average molecular weight is 430 g/mol. The number of nitrogens with zero attached hydrogens (tertiary/aromatic N) is 1. The van der Waals surface area contributed by atoms with Crippen molar-refractivity contribution in [3.8, 4) is 11.5 Å². The summed E-state index contributed by atoms with van der Waals surface area (Å²) in [6.45, 7) is 1.88. The first kappa shape index (κ1) is 19.3. The molecule has 2 amide bonds. The van der Waals surface area contributed by atoms with E-state index in [0.29, 0.717) is 28.1 Å². The van der Waals surface area contributed by atoms with Crippen molar-refractivity contribution in [2.75, 3.05) is 27.4 Å². The number of rotatable bonds is 6. The van der Waals surface area contributed by atoms with Gasteiger partial charge >= 0.3 is 5.97 Å². The van der Waals surface area contributed by atoms with E-state index >= 15 is 0 Å². The summed E-state index contributed by atoms with van der Waals surface area (Å²) in [6, 6.07) is 3.46. The number of hydrogen-bond donors (Lipinski definition) is 0. The van der Waals surface area contributed by atoms with Crippen LogP contribution in [-0.2, 0) is 14.3 Å². The fourth-order valence-corrected chi connectivity index (χ4v) is 3.57. The summed E-state index contributed by atoms with van der Waals surface area (Å²) < 4.78 is 16.0. The fourth-order valence-electron chi connectivity index (χ4n) is 2.11. The zero-order chi connectivity index (χ0) is 18.6. The maximum atomic E-state index is 12.3. The predicted octanol–water partition coefficient (Wildman–Crippen LogP) is 3.07. The molecule has 9 heteroatoms. The van der Waals surface area contributed by atoms with Gasteiger partial charge in [-0.25, -0.2) is 0 Å². The van der Waals surface area contributed by atoms with Gasteiger partial charge in [0.1, 0.15) is 6.54 Å². The lowest BCUT2D eigenvalue weighted by Gasteiger charge is -2.12. The highest BCUT2D eigenvalue weighted by Gasteiger charge is 2.36. The predicted molar refractivity (Wildman–Crippen MR) is 96.6 cm³/mol. The molecule has 0 unspecified atom stereocenters. The minimum Gasteiger partial charge on any atom is -0.492 e. The van der Waals surface area contributed by atoms with Crippen LogP contribution in [0.25, 0.3) is 6.08 Å². The molecule has 0 aromatic heterocycles. The van der Waals surface area contributed by atoms with Crippen LogP contribution < -0.4 is 9.47 Å². The van der Waals surface area contributed by atoms with Gasteiger partial charge in [0.25, 0.3) is 11.1 Å². The van der Waals surface area contributed by atoms with Gasteiger partial charge in [0, 0.05) is 0 Å². The summed E-state index contributed by atoms with van der Waals surface area (Å²) in [4.78, 5) is 36.7. The Bertz CT molecular complexity index is 748. The molecule has 0 atom stereocenters. The van der Waals surface area contributed by atoms with Gasteiger partial charge in [-0.3, -0.25) is 19.3 Å². The van der Waals surface area contributed by atoms with Gasteiger partial charge in [-0.15, -0.1) is 0 Å². The highest BCUT2D eigenvalue weighted by Crippen LogP contribution is 2.39. The number of methoxy groups -OCH3 is 2. The van der Waals surface area contributed by atoms with Crippen LogP contribution >= 0.6 is 27.7 Å². The van der Waals surface area contributed by atoms with Crippen molar-refractivity contribution < 1.29 is 28.6 Å². The summed E-state index contributed by atoms with van der Waals surface area (Å²) in [5.74, 6) is -0.142. The van der Waals surface area contributed by atoms with Crippen LogP contribution in [0.15, 0.2) is 21.5 Å². The fraction of sp³-hybridized carbons (Fsp3) is 0.312. The molecule has 134 valence electrons. The Balaban J connectivity index is 2.33. The first-order valence-corrected chi connectivity index (χ1v) is 8.84. The molecule has 0 radical (unpaired) electrons. The molecule has 1 aliphatic rings. The highest BCUT2D eigenvalue weighted by atomic mass is 79.9. The van der Waals surface area contributed by atoms with Crippen molar-refractivity contribution in [3.05, 3.63) is 27.1 Å². The minimum atomic E-state index is -0.658. The molecule has 1 aromatic carbocycles. The highest BCUT2D eigenvalue weighted by molar-refractivity contribution is 9.10. The largest absolute Gasteiger partial charge is 0.492 e. The molecule has 1 aliphatic heterocycles.